The van der Waals surface area contributed by atoms with Gasteiger partial charge < -0.3 is 4.90 Å². The number of hydrogen-bond donors (Lipinski definition) is 1. The summed E-state index contributed by atoms with van der Waals surface area (Å²) in [6.07, 6.45) is 6.43. The van der Waals surface area contributed by atoms with Crippen LogP contribution >= 0.6 is 0 Å². The van der Waals surface area contributed by atoms with Crippen LogP contribution in [0.2, 0.25) is 0 Å². The molecule has 2 aromatic rings. The summed E-state index contributed by atoms with van der Waals surface area (Å²) in [6, 6.07) is 8.46. The lowest BCUT2D eigenvalue weighted by Crippen LogP contribution is -2.43. The van der Waals surface area contributed by atoms with Crippen molar-refractivity contribution in [3.05, 3.63) is 41.7 Å². The van der Waals surface area contributed by atoms with E-state index in [1.54, 1.807) is 0 Å². The molecule has 0 atom stereocenters. The fourth-order valence-electron chi connectivity index (χ4n) is 4.35. The van der Waals surface area contributed by atoms with E-state index in [9.17, 15) is 4.79 Å². The Hall–Kier alpha value is -2.14. The number of H-pyrrole nitrogens is 1. The molecular formula is C21H28N4O. The maximum Gasteiger partial charge on any atom is 0.236 e. The molecule has 1 aromatic carbocycles. The zero-order valence-electron chi connectivity index (χ0n) is 15.6. The number of nitrogens with zero attached hydrogens (tertiary/aromatic N) is 3. The van der Waals surface area contributed by atoms with E-state index in [4.69, 9.17) is 0 Å². The Balaban J connectivity index is 1.40. The van der Waals surface area contributed by atoms with Crippen LogP contribution < -0.4 is 0 Å². The summed E-state index contributed by atoms with van der Waals surface area (Å²) in [5, 5.41) is 7.57. The fraction of sp³-hybridized carbons (Fsp3) is 0.524. The third-order valence-electron chi connectivity index (χ3n) is 5.92. The molecule has 2 aliphatic heterocycles. The normalized spacial score (nSPS) is 19.2. The molecule has 0 bridgehead atoms. The number of rotatable bonds is 4. The highest BCUT2D eigenvalue weighted by atomic mass is 16.2. The summed E-state index contributed by atoms with van der Waals surface area (Å²) in [7, 11) is 0. The van der Waals surface area contributed by atoms with Gasteiger partial charge in [-0.2, -0.15) is 5.10 Å². The van der Waals surface area contributed by atoms with Gasteiger partial charge in [0, 0.05) is 30.3 Å². The minimum Gasteiger partial charge on any atom is -0.342 e. The van der Waals surface area contributed by atoms with Gasteiger partial charge in [-0.05, 0) is 56.8 Å². The first-order valence-corrected chi connectivity index (χ1v) is 9.82. The Morgan fingerprint density at radius 2 is 1.85 bits per heavy atom. The minimum absolute atomic E-state index is 0.300. The van der Waals surface area contributed by atoms with Gasteiger partial charge in [0.1, 0.15) is 0 Å². The number of carbonyl (C=O) groups excluding carboxylic acids is 1. The van der Waals surface area contributed by atoms with Crippen molar-refractivity contribution in [3.8, 4) is 11.1 Å². The van der Waals surface area contributed by atoms with Gasteiger partial charge in [-0.1, -0.05) is 24.3 Å². The predicted molar refractivity (Wildman–Crippen MR) is 103 cm³/mol. The van der Waals surface area contributed by atoms with Crippen LogP contribution in [-0.2, 0) is 4.79 Å². The standard InChI is InChI=1S/C21H28N4O/c1-16-6-2-3-7-18(16)19-14-22-23-21(19)17-8-12-25(13-9-17)20(26)15-24-10-4-5-11-24/h2-3,6-7,14,17H,4-5,8-13,15H2,1H3,(H,22,23). The molecule has 0 aliphatic carbocycles. The van der Waals surface area contributed by atoms with E-state index in [1.165, 1.54) is 35.2 Å². The molecule has 138 valence electrons. The van der Waals surface area contributed by atoms with Crippen LogP contribution in [0, 0.1) is 6.92 Å². The van der Waals surface area contributed by atoms with Crippen molar-refractivity contribution >= 4 is 5.91 Å². The lowest BCUT2D eigenvalue weighted by Gasteiger charge is -2.33. The molecule has 0 unspecified atom stereocenters. The second kappa shape index (κ2) is 7.62. The third-order valence-corrected chi connectivity index (χ3v) is 5.92. The Labute approximate surface area is 155 Å². The third kappa shape index (κ3) is 3.54. The van der Waals surface area contributed by atoms with Crippen molar-refractivity contribution < 1.29 is 4.79 Å². The molecule has 0 radical (unpaired) electrons. The fourth-order valence-corrected chi connectivity index (χ4v) is 4.35. The van der Waals surface area contributed by atoms with Crippen molar-refractivity contribution in [2.75, 3.05) is 32.7 Å². The van der Waals surface area contributed by atoms with Crippen LogP contribution in [0.3, 0.4) is 0 Å². The zero-order valence-corrected chi connectivity index (χ0v) is 15.6. The molecule has 2 fully saturated rings. The number of aromatic amines is 1. The first-order chi connectivity index (χ1) is 12.7. The van der Waals surface area contributed by atoms with Gasteiger partial charge in [-0.15, -0.1) is 0 Å². The molecule has 1 amide bonds. The second-order valence-corrected chi connectivity index (χ2v) is 7.65. The highest BCUT2D eigenvalue weighted by Crippen LogP contribution is 2.35. The topological polar surface area (TPSA) is 52.2 Å². The van der Waals surface area contributed by atoms with Crippen LogP contribution in [0.5, 0.6) is 0 Å². The van der Waals surface area contributed by atoms with Crippen molar-refractivity contribution in [1.82, 2.24) is 20.0 Å². The number of hydrogen-bond acceptors (Lipinski definition) is 3. The SMILES string of the molecule is Cc1ccccc1-c1cn[nH]c1C1CCN(C(=O)CN2CCCC2)CC1. The summed E-state index contributed by atoms with van der Waals surface area (Å²) in [5.41, 5.74) is 4.97. The summed E-state index contributed by atoms with van der Waals surface area (Å²) in [4.78, 5) is 16.9. The molecule has 2 aliphatic rings. The molecule has 4 rings (SSSR count). The van der Waals surface area contributed by atoms with Gasteiger partial charge in [0.05, 0.1) is 12.7 Å². The molecule has 1 aromatic heterocycles. The quantitative estimate of drug-likeness (QED) is 0.919. The molecule has 0 saturated carbocycles. The summed E-state index contributed by atoms with van der Waals surface area (Å²) >= 11 is 0. The van der Waals surface area contributed by atoms with E-state index in [-0.39, 0.29) is 0 Å². The maximum absolute atomic E-state index is 12.5. The lowest BCUT2D eigenvalue weighted by molar-refractivity contribution is -0.133. The van der Waals surface area contributed by atoms with E-state index < -0.39 is 0 Å². The van der Waals surface area contributed by atoms with E-state index in [0.717, 1.165) is 39.0 Å². The van der Waals surface area contributed by atoms with Crippen molar-refractivity contribution in [1.29, 1.82) is 0 Å². The van der Waals surface area contributed by atoms with E-state index in [0.29, 0.717) is 18.4 Å². The number of nitrogens with one attached hydrogen (secondary N) is 1. The Morgan fingerprint density at radius 1 is 1.12 bits per heavy atom. The molecule has 3 heterocycles. The number of likely N-dealkylation sites (tertiary alicyclic amines) is 2. The van der Waals surface area contributed by atoms with Gasteiger partial charge >= 0.3 is 0 Å². The van der Waals surface area contributed by atoms with E-state index in [1.807, 2.05) is 6.20 Å². The van der Waals surface area contributed by atoms with E-state index >= 15 is 0 Å². The highest BCUT2D eigenvalue weighted by molar-refractivity contribution is 5.78. The first-order valence-electron chi connectivity index (χ1n) is 9.82. The lowest BCUT2D eigenvalue weighted by atomic mass is 9.88. The Bertz CT molecular complexity index is 755. The van der Waals surface area contributed by atoms with Crippen molar-refractivity contribution in [2.45, 2.75) is 38.5 Å². The summed E-state index contributed by atoms with van der Waals surface area (Å²) < 4.78 is 0. The Kier molecular flexibility index (Phi) is 5.07. The Morgan fingerprint density at radius 3 is 2.58 bits per heavy atom. The van der Waals surface area contributed by atoms with Gasteiger partial charge in [0.2, 0.25) is 5.91 Å². The number of benzene rings is 1. The number of carbonyl (C=O) groups is 1. The summed E-state index contributed by atoms with van der Waals surface area (Å²) in [6.45, 7) is 6.61. The van der Waals surface area contributed by atoms with Gasteiger partial charge in [-0.3, -0.25) is 14.8 Å². The molecule has 0 spiro atoms. The number of aromatic nitrogens is 2. The molecule has 5 nitrogen and oxygen atoms in total. The number of piperidine rings is 1. The second-order valence-electron chi connectivity index (χ2n) is 7.65. The van der Waals surface area contributed by atoms with Crippen LogP contribution in [0.25, 0.3) is 11.1 Å². The minimum atomic E-state index is 0.300. The van der Waals surface area contributed by atoms with Crippen LogP contribution in [0.15, 0.2) is 30.5 Å². The first kappa shape index (κ1) is 17.3. The number of aryl methyl sites for hydroxylation is 1. The van der Waals surface area contributed by atoms with Gasteiger partial charge in [-0.25, -0.2) is 0 Å². The van der Waals surface area contributed by atoms with Crippen molar-refractivity contribution in [2.24, 2.45) is 0 Å². The van der Waals surface area contributed by atoms with Crippen LogP contribution in [-0.4, -0.2) is 58.6 Å². The maximum atomic E-state index is 12.5. The molecular weight excluding hydrogens is 324 g/mol. The summed E-state index contributed by atoms with van der Waals surface area (Å²) in [5.74, 6) is 0.747. The smallest absolute Gasteiger partial charge is 0.236 e. The molecule has 2 saturated heterocycles. The predicted octanol–water partition coefficient (Wildman–Crippen LogP) is 3.19. The highest BCUT2D eigenvalue weighted by Gasteiger charge is 2.28. The molecule has 5 heteroatoms. The average Bonchev–Trinajstić information content (AvgIpc) is 3.34. The van der Waals surface area contributed by atoms with Crippen LogP contribution in [0.1, 0.15) is 42.9 Å². The average molecular weight is 352 g/mol. The monoisotopic (exact) mass is 352 g/mol. The van der Waals surface area contributed by atoms with E-state index in [2.05, 4.69) is 51.2 Å². The number of amides is 1. The zero-order chi connectivity index (χ0) is 17.9. The van der Waals surface area contributed by atoms with Gasteiger partial charge in [0.25, 0.3) is 0 Å². The van der Waals surface area contributed by atoms with Gasteiger partial charge in [0.15, 0.2) is 0 Å². The molecule has 26 heavy (non-hydrogen) atoms. The van der Waals surface area contributed by atoms with Crippen LogP contribution in [0.4, 0.5) is 0 Å². The van der Waals surface area contributed by atoms with Crippen molar-refractivity contribution in [3.63, 3.8) is 0 Å². The largest absolute Gasteiger partial charge is 0.342 e. The molecule has 1 N–H and O–H groups in total.